The molecule has 5 nitrogen and oxygen atoms in total. The molecule has 1 rings (SSSR count). The van der Waals surface area contributed by atoms with Crippen LogP contribution in [0.1, 0.15) is 27.2 Å². The molecule has 104 valence electrons. The standard InChI is InChI=1S/C12H23N3O2S/c1-4-10(3)13-11(18)14-6-8-15(9-7-14)12(16)17-5-2/h10H,4-9H2,1-3H3,(H,13,18). The van der Waals surface area contributed by atoms with Crippen LogP contribution in [0, 0.1) is 0 Å². The smallest absolute Gasteiger partial charge is 0.409 e. The highest BCUT2D eigenvalue weighted by Crippen LogP contribution is 2.05. The van der Waals surface area contributed by atoms with E-state index in [1.54, 1.807) is 4.90 Å². The lowest BCUT2D eigenvalue weighted by molar-refractivity contribution is 0.0918. The summed E-state index contributed by atoms with van der Waals surface area (Å²) in [5.74, 6) is 0. The molecule has 18 heavy (non-hydrogen) atoms. The monoisotopic (exact) mass is 273 g/mol. The van der Waals surface area contributed by atoms with Crippen molar-refractivity contribution in [2.75, 3.05) is 32.8 Å². The lowest BCUT2D eigenvalue weighted by Crippen LogP contribution is -2.54. The molecule has 0 aliphatic carbocycles. The number of ether oxygens (including phenoxy) is 1. The Hall–Kier alpha value is -1.04. The number of hydrogen-bond acceptors (Lipinski definition) is 3. The van der Waals surface area contributed by atoms with E-state index < -0.39 is 0 Å². The van der Waals surface area contributed by atoms with E-state index in [0.717, 1.165) is 24.6 Å². The van der Waals surface area contributed by atoms with Crippen LogP contribution in [0.4, 0.5) is 4.79 Å². The van der Waals surface area contributed by atoms with Crippen molar-refractivity contribution >= 4 is 23.4 Å². The van der Waals surface area contributed by atoms with Crippen molar-refractivity contribution in [1.29, 1.82) is 0 Å². The van der Waals surface area contributed by atoms with Crippen LogP contribution >= 0.6 is 12.2 Å². The number of rotatable bonds is 3. The van der Waals surface area contributed by atoms with E-state index in [-0.39, 0.29) is 6.09 Å². The number of carbonyl (C=O) groups is 1. The van der Waals surface area contributed by atoms with Crippen LogP contribution in [0.25, 0.3) is 0 Å². The van der Waals surface area contributed by atoms with Crippen molar-refractivity contribution in [2.24, 2.45) is 0 Å². The zero-order chi connectivity index (χ0) is 13.5. The van der Waals surface area contributed by atoms with Crippen molar-refractivity contribution in [3.63, 3.8) is 0 Å². The summed E-state index contributed by atoms with van der Waals surface area (Å²) in [6.45, 7) is 9.34. The highest BCUT2D eigenvalue weighted by molar-refractivity contribution is 7.80. The second-order valence-electron chi connectivity index (χ2n) is 4.43. The molecule has 0 aromatic carbocycles. The van der Waals surface area contributed by atoms with Crippen LogP contribution in [0.3, 0.4) is 0 Å². The number of nitrogens with one attached hydrogen (secondary N) is 1. The Balaban J connectivity index is 2.34. The minimum Gasteiger partial charge on any atom is -0.450 e. The van der Waals surface area contributed by atoms with Gasteiger partial charge in [0.25, 0.3) is 0 Å². The van der Waals surface area contributed by atoms with Crippen LogP contribution in [0.2, 0.25) is 0 Å². The van der Waals surface area contributed by atoms with Crippen LogP contribution in [0.5, 0.6) is 0 Å². The second-order valence-corrected chi connectivity index (χ2v) is 4.82. The normalized spacial score (nSPS) is 17.3. The van der Waals surface area contributed by atoms with Gasteiger partial charge in [0.2, 0.25) is 0 Å². The Morgan fingerprint density at radius 2 is 1.83 bits per heavy atom. The summed E-state index contributed by atoms with van der Waals surface area (Å²) >= 11 is 5.35. The fourth-order valence-corrected chi connectivity index (χ4v) is 2.09. The first kappa shape index (κ1) is 15.0. The third kappa shape index (κ3) is 4.33. The molecule has 0 spiro atoms. The summed E-state index contributed by atoms with van der Waals surface area (Å²) in [6.07, 6.45) is 0.820. The van der Waals surface area contributed by atoms with Crippen molar-refractivity contribution < 1.29 is 9.53 Å². The molecule has 1 heterocycles. The first-order valence-corrected chi connectivity index (χ1v) is 6.96. The summed E-state index contributed by atoms with van der Waals surface area (Å²) in [4.78, 5) is 15.4. The molecule has 0 bridgehead atoms. The molecule has 0 aromatic rings. The van der Waals surface area contributed by atoms with Gasteiger partial charge in [0.1, 0.15) is 0 Å². The van der Waals surface area contributed by atoms with Crippen LogP contribution in [0.15, 0.2) is 0 Å². The lowest BCUT2D eigenvalue weighted by Gasteiger charge is -2.36. The summed E-state index contributed by atoms with van der Waals surface area (Å²) in [5.41, 5.74) is 0. The number of thiocarbonyl (C=S) groups is 1. The predicted molar refractivity (Wildman–Crippen MR) is 75.7 cm³/mol. The van der Waals surface area contributed by atoms with Crippen molar-refractivity contribution in [1.82, 2.24) is 15.1 Å². The fraction of sp³-hybridized carbons (Fsp3) is 0.833. The van der Waals surface area contributed by atoms with E-state index in [2.05, 4.69) is 24.1 Å². The predicted octanol–water partition coefficient (Wildman–Crippen LogP) is 1.43. The number of hydrogen-bond donors (Lipinski definition) is 1. The lowest BCUT2D eigenvalue weighted by atomic mass is 10.2. The van der Waals surface area contributed by atoms with Crippen molar-refractivity contribution in [2.45, 2.75) is 33.2 Å². The van der Waals surface area contributed by atoms with Gasteiger partial charge in [-0.3, -0.25) is 0 Å². The summed E-state index contributed by atoms with van der Waals surface area (Å²) in [7, 11) is 0. The molecular weight excluding hydrogens is 250 g/mol. The maximum Gasteiger partial charge on any atom is 0.409 e. The van der Waals surface area contributed by atoms with Crippen LogP contribution in [-0.2, 0) is 4.74 Å². The van der Waals surface area contributed by atoms with Gasteiger partial charge < -0.3 is 19.9 Å². The van der Waals surface area contributed by atoms with Gasteiger partial charge in [-0.1, -0.05) is 6.92 Å². The molecule has 1 aliphatic heterocycles. The first-order valence-electron chi connectivity index (χ1n) is 6.55. The highest BCUT2D eigenvalue weighted by atomic mass is 32.1. The Kier molecular flexibility index (Phi) is 6.18. The minimum atomic E-state index is -0.224. The SMILES string of the molecule is CCOC(=O)N1CCN(C(=S)NC(C)CC)CC1. The minimum absolute atomic E-state index is 0.224. The van der Waals surface area contributed by atoms with Gasteiger partial charge in [-0.15, -0.1) is 0 Å². The number of carbonyl (C=O) groups excluding carboxylic acids is 1. The summed E-state index contributed by atoms with van der Waals surface area (Å²) < 4.78 is 4.98. The van der Waals surface area contributed by atoms with E-state index in [1.165, 1.54) is 0 Å². The Labute approximate surface area is 114 Å². The van der Waals surface area contributed by atoms with Gasteiger partial charge in [-0.2, -0.15) is 0 Å². The number of piperazine rings is 1. The van der Waals surface area contributed by atoms with Gasteiger partial charge in [0.05, 0.1) is 6.61 Å². The molecule has 1 N–H and O–H groups in total. The quantitative estimate of drug-likeness (QED) is 0.788. The Morgan fingerprint density at radius 1 is 1.28 bits per heavy atom. The zero-order valence-corrected chi connectivity index (χ0v) is 12.3. The molecule has 6 heteroatoms. The van der Waals surface area contributed by atoms with E-state index >= 15 is 0 Å². The van der Waals surface area contributed by atoms with Crippen molar-refractivity contribution in [3.8, 4) is 0 Å². The molecule has 0 saturated carbocycles. The van der Waals surface area contributed by atoms with Crippen LogP contribution in [-0.4, -0.2) is 59.8 Å². The molecule has 0 aromatic heterocycles. The molecule has 1 amide bonds. The van der Waals surface area contributed by atoms with Crippen molar-refractivity contribution in [3.05, 3.63) is 0 Å². The molecule has 1 saturated heterocycles. The van der Waals surface area contributed by atoms with Gasteiger partial charge in [-0.25, -0.2) is 4.79 Å². The maximum absolute atomic E-state index is 11.5. The van der Waals surface area contributed by atoms with Gasteiger partial charge >= 0.3 is 6.09 Å². The highest BCUT2D eigenvalue weighted by Gasteiger charge is 2.23. The Morgan fingerprint density at radius 3 is 2.33 bits per heavy atom. The van der Waals surface area contributed by atoms with E-state index in [9.17, 15) is 4.79 Å². The molecule has 1 aliphatic rings. The molecule has 1 unspecified atom stereocenters. The average Bonchev–Trinajstić information content (AvgIpc) is 2.39. The van der Waals surface area contributed by atoms with Gasteiger partial charge in [0, 0.05) is 32.2 Å². The van der Waals surface area contributed by atoms with Crippen LogP contribution < -0.4 is 5.32 Å². The molecular formula is C12H23N3O2S. The fourth-order valence-electron chi connectivity index (χ4n) is 1.71. The second kappa shape index (κ2) is 7.41. The van der Waals surface area contributed by atoms with E-state index in [4.69, 9.17) is 17.0 Å². The molecule has 1 fully saturated rings. The Bertz CT molecular complexity index is 291. The summed E-state index contributed by atoms with van der Waals surface area (Å²) in [5, 5.41) is 4.08. The third-order valence-corrected chi connectivity index (χ3v) is 3.45. The largest absolute Gasteiger partial charge is 0.450 e. The third-order valence-electron chi connectivity index (χ3n) is 3.08. The average molecular weight is 273 g/mol. The van der Waals surface area contributed by atoms with Gasteiger partial charge in [-0.05, 0) is 32.5 Å². The van der Waals surface area contributed by atoms with E-state index in [0.29, 0.717) is 25.7 Å². The summed E-state index contributed by atoms with van der Waals surface area (Å²) in [6, 6.07) is 0.389. The number of amides is 1. The topological polar surface area (TPSA) is 44.8 Å². The maximum atomic E-state index is 11.5. The zero-order valence-electron chi connectivity index (χ0n) is 11.4. The number of nitrogens with zero attached hydrogens (tertiary/aromatic N) is 2. The van der Waals surface area contributed by atoms with E-state index in [1.807, 2.05) is 6.92 Å². The molecule has 1 atom stereocenters. The first-order chi connectivity index (χ1) is 8.58. The van der Waals surface area contributed by atoms with Gasteiger partial charge in [0.15, 0.2) is 5.11 Å². The molecule has 0 radical (unpaired) electrons.